The number of imide groups is 1. The molecule has 0 aromatic heterocycles. The van der Waals surface area contributed by atoms with Gasteiger partial charge in [-0.05, 0) is 32.6 Å². The normalized spacial score (nSPS) is 19.9. The molecule has 0 aromatic carbocycles. The molecule has 0 bridgehead atoms. The third-order valence-corrected chi connectivity index (χ3v) is 4.60. The highest BCUT2D eigenvalue weighted by molar-refractivity contribution is 5.97. The summed E-state index contributed by atoms with van der Waals surface area (Å²) in [5.41, 5.74) is 0. The lowest BCUT2D eigenvalue weighted by Gasteiger charge is -2.21. The molecule has 1 saturated heterocycles. The number of ether oxygens (including phenoxy) is 1. The zero-order valence-electron chi connectivity index (χ0n) is 14.7. The molecular weight excluding hydrogens is 326 g/mol. The van der Waals surface area contributed by atoms with Crippen LogP contribution >= 0.6 is 0 Å². The lowest BCUT2D eigenvalue weighted by molar-refractivity contribution is -0.157. The Balaban J connectivity index is 1.72. The molecule has 1 saturated carbocycles. The summed E-state index contributed by atoms with van der Waals surface area (Å²) in [6.07, 6.45) is 5.96. The zero-order valence-corrected chi connectivity index (χ0v) is 14.7. The molecule has 1 atom stereocenters. The van der Waals surface area contributed by atoms with Crippen molar-refractivity contribution >= 4 is 23.8 Å². The number of nitrogens with zero attached hydrogens (tertiary/aromatic N) is 1. The quantitative estimate of drug-likeness (QED) is 0.720. The molecule has 0 radical (unpaired) electrons. The number of carbonyl (C=O) groups is 4. The van der Waals surface area contributed by atoms with Gasteiger partial charge in [-0.15, -0.1) is 0 Å². The second-order valence-corrected chi connectivity index (χ2v) is 6.70. The van der Waals surface area contributed by atoms with Crippen LogP contribution in [0.5, 0.6) is 0 Å². The van der Waals surface area contributed by atoms with E-state index in [2.05, 4.69) is 10.6 Å². The summed E-state index contributed by atoms with van der Waals surface area (Å²) in [6, 6.07) is -0.470. The minimum atomic E-state index is -1.09. The van der Waals surface area contributed by atoms with Crippen LogP contribution in [0.15, 0.2) is 0 Å². The fourth-order valence-corrected chi connectivity index (χ4v) is 3.15. The van der Waals surface area contributed by atoms with Crippen molar-refractivity contribution < 1.29 is 23.9 Å². The number of urea groups is 1. The molecule has 1 heterocycles. The monoisotopic (exact) mass is 353 g/mol. The average Bonchev–Trinajstić information content (AvgIpc) is 2.97. The van der Waals surface area contributed by atoms with E-state index in [4.69, 9.17) is 4.74 Å². The first-order valence-corrected chi connectivity index (χ1v) is 9.04. The van der Waals surface area contributed by atoms with Gasteiger partial charge in [0.25, 0.3) is 5.91 Å². The first-order chi connectivity index (χ1) is 12.0. The van der Waals surface area contributed by atoms with Crippen LogP contribution in [-0.4, -0.2) is 54.0 Å². The molecule has 2 N–H and O–H groups in total. The molecule has 140 valence electrons. The van der Waals surface area contributed by atoms with Gasteiger partial charge in [0.15, 0.2) is 6.10 Å². The van der Waals surface area contributed by atoms with Gasteiger partial charge < -0.3 is 15.0 Å². The van der Waals surface area contributed by atoms with Crippen molar-refractivity contribution in [3.05, 3.63) is 0 Å². The van der Waals surface area contributed by atoms with E-state index in [9.17, 15) is 19.2 Å². The Morgan fingerprint density at radius 2 is 1.88 bits per heavy atom. The maximum atomic E-state index is 12.0. The van der Waals surface area contributed by atoms with Crippen LogP contribution < -0.4 is 10.6 Å². The Hall–Kier alpha value is -2.12. The maximum Gasteiger partial charge on any atom is 0.326 e. The number of esters is 1. The minimum Gasteiger partial charge on any atom is -0.451 e. The van der Waals surface area contributed by atoms with E-state index >= 15 is 0 Å². The predicted octanol–water partition coefficient (Wildman–Crippen LogP) is 1.09. The second kappa shape index (κ2) is 9.39. The minimum absolute atomic E-state index is 0.0671. The van der Waals surface area contributed by atoms with Crippen molar-refractivity contribution in [2.45, 2.75) is 70.4 Å². The van der Waals surface area contributed by atoms with Crippen molar-refractivity contribution in [3.63, 3.8) is 0 Å². The molecule has 2 aliphatic rings. The second-order valence-electron chi connectivity index (χ2n) is 6.70. The average molecular weight is 353 g/mol. The van der Waals surface area contributed by atoms with E-state index in [0.717, 1.165) is 44.9 Å². The molecular formula is C17H27N3O5. The van der Waals surface area contributed by atoms with Gasteiger partial charge in [-0.1, -0.05) is 19.3 Å². The van der Waals surface area contributed by atoms with Crippen LogP contribution in [-0.2, 0) is 19.1 Å². The van der Waals surface area contributed by atoms with E-state index in [1.807, 2.05) is 0 Å². The highest BCUT2D eigenvalue weighted by atomic mass is 16.5. The third-order valence-electron chi connectivity index (χ3n) is 4.60. The summed E-state index contributed by atoms with van der Waals surface area (Å²) < 4.78 is 5.05. The van der Waals surface area contributed by atoms with Gasteiger partial charge >= 0.3 is 12.0 Å². The standard InChI is InChI=1S/C17H27N3O5/c1-12(16(23)19-17(24)18-13-7-4-5-8-13)25-15(22)11-20-10-6-2-3-9-14(20)21/h12-13H,2-11H2,1H3,(H2,18,19,23,24)/t12-/m1/s1. The number of amides is 4. The molecule has 25 heavy (non-hydrogen) atoms. The van der Waals surface area contributed by atoms with Gasteiger partial charge in [-0.2, -0.15) is 0 Å². The Labute approximate surface area is 147 Å². The summed E-state index contributed by atoms with van der Waals surface area (Å²) >= 11 is 0. The number of nitrogens with one attached hydrogen (secondary N) is 2. The molecule has 4 amide bonds. The fourth-order valence-electron chi connectivity index (χ4n) is 3.15. The van der Waals surface area contributed by atoms with Crippen LogP contribution in [0, 0.1) is 0 Å². The van der Waals surface area contributed by atoms with Gasteiger partial charge in [0.2, 0.25) is 5.91 Å². The summed E-state index contributed by atoms with van der Waals surface area (Å²) in [6.45, 7) is 1.77. The lowest BCUT2D eigenvalue weighted by Crippen LogP contribution is -2.47. The highest BCUT2D eigenvalue weighted by Crippen LogP contribution is 2.17. The van der Waals surface area contributed by atoms with Crippen molar-refractivity contribution in [3.8, 4) is 0 Å². The summed E-state index contributed by atoms with van der Waals surface area (Å²) in [5.74, 6) is -1.39. The Bertz CT molecular complexity index is 516. The van der Waals surface area contributed by atoms with Gasteiger partial charge in [0, 0.05) is 19.0 Å². The smallest absolute Gasteiger partial charge is 0.326 e. The van der Waals surface area contributed by atoms with Crippen LogP contribution in [0.1, 0.15) is 58.3 Å². The molecule has 0 aromatic rings. The number of hydrogen-bond acceptors (Lipinski definition) is 5. The van der Waals surface area contributed by atoms with Gasteiger partial charge in [-0.25, -0.2) is 4.79 Å². The van der Waals surface area contributed by atoms with Crippen LogP contribution in [0.2, 0.25) is 0 Å². The molecule has 8 nitrogen and oxygen atoms in total. The first-order valence-electron chi connectivity index (χ1n) is 9.04. The number of hydrogen-bond donors (Lipinski definition) is 2. The summed E-state index contributed by atoms with van der Waals surface area (Å²) in [5, 5.41) is 4.92. The van der Waals surface area contributed by atoms with E-state index < -0.39 is 24.0 Å². The molecule has 8 heteroatoms. The predicted molar refractivity (Wildman–Crippen MR) is 89.5 cm³/mol. The van der Waals surface area contributed by atoms with Crippen LogP contribution in [0.3, 0.4) is 0 Å². The molecule has 1 aliphatic carbocycles. The van der Waals surface area contributed by atoms with Crippen molar-refractivity contribution in [2.75, 3.05) is 13.1 Å². The van der Waals surface area contributed by atoms with E-state index in [-0.39, 0.29) is 18.5 Å². The van der Waals surface area contributed by atoms with E-state index in [1.165, 1.54) is 11.8 Å². The Morgan fingerprint density at radius 3 is 2.60 bits per heavy atom. The molecule has 2 rings (SSSR count). The summed E-state index contributed by atoms with van der Waals surface area (Å²) in [7, 11) is 0. The molecule has 0 unspecified atom stereocenters. The molecule has 1 aliphatic heterocycles. The highest BCUT2D eigenvalue weighted by Gasteiger charge is 2.25. The fraction of sp³-hybridized carbons (Fsp3) is 0.765. The lowest BCUT2D eigenvalue weighted by atomic mass is 10.2. The number of rotatable bonds is 5. The Kier molecular flexibility index (Phi) is 7.21. The van der Waals surface area contributed by atoms with Gasteiger partial charge in [-0.3, -0.25) is 19.7 Å². The first kappa shape index (κ1) is 19.2. The van der Waals surface area contributed by atoms with Gasteiger partial charge in [0.05, 0.1) is 0 Å². The van der Waals surface area contributed by atoms with Crippen molar-refractivity contribution in [1.29, 1.82) is 0 Å². The van der Waals surface area contributed by atoms with Gasteiger partial charge in [0.1, 0.15) is 6.54 Å². The molecule has 0 spiro atoms. The van der Waals surface area contributed by atoms with Crippen LogP contribution in [0.4, 0.5) is 4.79 Å². The zero-order chi connectivity index (χ0) is 18.2. The number of likely N-dealkylation sites (tertiary alicyclic amines) is 1. The Morgan fingerprint density at radius 1 is 1.16 bits per heavy atom. The SMILES string of the molecule is C[C@@H](OC(=O)CN1CCCCCC1=O)C(=O)NC(=O)NC1CCCC1. The number of carbonyl (C=O) groups excluding carboxylic acids is 4. The molecule has 2 fully saturated rings. The maximum absolute atomic E-state index is 12.0. The van der Waals surface area contributed by atoms with Crippen molar-refractivity contribution in [1.82, 2.24) is 15.5 Å². The largest absolute Gasteiger partial charge is 0.451 e. The van der Waals surface area contributed by atoms with E-state index in [1.54, 1.807) is 0 Å². The topological polar surface area (TPSA) is 105 Å². The van der Waals surface area contributed by atoms with Crippen LogP contribution in [0.25, 0.3) is 0 Å². The van der Waals surface area contributed by atoms with E-state index in [0.29, 0.717) is 13.0 Å². The third kappa shape index (κ3) is 6.36. The van der Waals surface area contributed by atoms with Crippen molar-refractivity contribution in [2.24, 2.45) is 0 Å². The summed E-state index contributed by atoms with van der Waals surface area (Å²) in [4.78, 5) is 49.0.